The fourth-order valence-corrected chi connectivity index (χ4v) is 1.44. The van der Waals surface area contributed by atoms with Gasteiger partial charge >= 0.3 is 5.97 Å². The molecule has 0 aliphatic rings. The van der Waals surface area contributed by atoms with Gasteiger partial charge in [0.2, 0.25) is 0 Å². The highest BCUT2D eigenvalue weighted by molar-refractivity contribution is 5.72. The third-order valence-corrected chi connectivity index (χ3v) is 2.49. The Hall–Kier alpha value is -1.42. The number of pyridine rings is 1. The largest absolute Gasteiger partial charge is 0.425 e. The minimum absolute atomic E-state index is 0.104. The Balaban J connectivity index is 2.57. The summed E-state index contributed by atoms with van der Waals surface area (Å²) in [5, 5.41) is 8.98. The Labute approximate surface area is 102 Å². The highest BCUT2D eigenvalue weighted by atomic mass is 16.5. The Kier molecular flexibility index (Phi) is 5.63. The van der Waals surface area contributed by atoms with Crippen LogP contribution in [0.1, 0.15) is 43.9 Å². The fraction of sp³-hybridized carbons (Fsp3) is 0.538. The molecule has 0 radical (unpaired) electrons. The van der Waals surface area contributed by atoms with Crippen molar-refractivity contribution in [3.05, 3.63) is 23.5 Å². The summed E-state index contributed by atoms with van der Waals surface area (Å²) in [5.41, 5.74) is 1.30. The van der Waals surface area contributed by atoms with Crippen LogP contribution < -0.4 is 4.74 Å². The van der Waals surface area contributed by atoms with Gasteiger partial charge in [-0.25, -0.2) is 0 Å². The molecule has 4 nitrogen and oxygen atoms in total. The van der Waals surface area contributed by atoms with Gasteiger partial charge in [0.15, 0.2) is 5.75 Å². The number of carbonyl (C=O) groups is 1. The van der Waals surface area contributed by atoms with E-state index in [-0.39, 0.29) is 12.6 Å². The van der Waals surface area contributed by atoms with Crippen molar-refractivity contribution in [2.24, 2.45) is 0 Å². The molecule has 0 spiro atoms. The smallest absolute Gasteiger partial charge is 0.311 e. The fourth-order valence-electron chi connectivity index (χ4n) is 1.44. The summed E-state index contributed by atoms with van der Waals surface area (Å²) < 4.78 is 5.22. The van der Waals surface area contributed by atoms with E-state index in [2.05, 4.69) is 11.9 Å². The third-order valence-electron chi connectivity index (χ3n) is 2.49. The van der Waals surface area contributed by atoms with Crippen molar-refractivity contribution in [2.45, 2.75) is 46.1 Å². The number of hydrogen-bond acceptors (Lipinski definition) is 4. The van der Waals surface area contributed by atoms with Crippen molar-refractivity contribution in [3.8, 4) is 5.75 Å². The predicted octanol–water partition coefficient (Wildman–Crippen LogP) is 2.37. The average molecular weight is 237 g/mol. The molecule has 0 aromatic carbocycles. The number of esters is 1. The summed E-state index contributed by atoms with van der Waals surface area (Å²) in [6.45, 7) is 3.76. The number of hydrogen-bond donors (Lipinski definition) is 1. The molecule has 4 heteroatoms. The van der Waals surface area contributed by atoms with Crippen LogP contribution in [0.3, 0.4) is 0 Å². The van der Waals surface area contributed by atoms with Gasteiger partial charge in [-0.1, -0.05) is 19.8 Å². The maximum atomic E-state index is 11.5. The first kappa shape index (κ1) is 13.6. The van der Waals surface area contributed by atoms with Crippen LogP contribution in [0, 0.1) is 6.92 Å². The van der Waals surface area contributed by atoms with Gasteiger partial charge in [0.25, 0.3) is 0 Å². The SMILES string of the molecule is CCCCCC(=O)Oc1cc(CO)cnc1C. The topological polar surface area (TPSA) is 59.4 Å². The predicted molar refractivity (Wildman–Crippen MR) is 64.7 cm³/mol. The zero-order valence-electron chi connectivity index (χ0n) is 10.4. The van der Waals surface area contributed by atoms with Crippen LogP contribution in [0.2, 0.25) is 0 Å². The van der Waals surface area contributed by atoms with Crippen LogP contribution >= 0.6 is 0 Å². The molecule has 0 unspecified atom stereocenters. The minimum Gasteiger partial charge on any atom is -0.425 e. The molecule has 0 aliphatic carbocycles. The van der Waals surface area contributed by atoms with E-state index in [4.69, 9.17) is 9.84 Å². The quantitative estimate of drug-likeness (QED) is 0.609. The first-order valence-electron chi connectivity index (χ1n) is 5.94. The van der Waals surface area contributed by atoms with Crippen molar-refractivity contribution >= 4 is 5.97 Å². The second kappa shape index (κ2) is 7.01. The van der Waals surface area contributed by atoms with E-state index in [1.807, 2.05) is 0 Å². The Bertz CT molecular complexity index is 377. The average Bonchev–Trinajstić information content (AvgIpc) is 2.32. The maximum absolute atomic E-state index is 11.5. The lowest BCUT2D eigenvalue weighted by Crippen LogP contribution is -2.09. The monoisotopic (exact) mass is 237 g/mol. The second-order valence-electron chi connectivity index (χ2n) is 4.02. The van der Waals surface area contributed by atoms with Gasteiger partial charge in [0, 0.05) is 12.6 Å². The number of rotatable bonds is 6. The zero-order chi connectivity index (χ0) is 12.7. The summed E-state index contributed by atoms with van der Waals surface area (Å²) in [6, 6.07) is 1.65. The van der Waals surface area contributed by atoms with E-state index in [1.165, 1.54) is 0 Å². The standard InChI is InChI=1S/C13H19NO3/c1-3-4-5-6-13(16)17-12-7-11(9-15)8-14-10(12)2/h7-8,15H,3-6,9H2,1-2H3. The summed E-state index contributed by atoms with van der Waals surface area (Å²) >= 11 is 0. The Morgan fingerprint density at radius 1 is 1.47 bits per heavy atom. The van der Waals surface area contributed by atoms with Crippen LogP contribution in [-0.2, 0) is 11.4 Å². The molecule has 1 heterocycles. The summed E-state index contributed by atoms with van der Waals surface area (Å²) in [6.07, 6.45) is 4.96. The molecule has 0 amide bonds. The summed E-state index contributed by atoms with van der Waals surface area (Å²) in [7, 11) is 0. The van der Waals surface area contributed by atoms with Crippen molar-refractivity contribution < 1.29 is 14.6 Å². The molecule has 1 aromatic heterocycles. The maximum Gasteiger partial charge on any atom is 0.311 e. The number of unbranched alkanes of at least 4 members (excludes halogenated alkanes) is 2. The summed E-state index contributed by atoms with van der Waals surface area (Å²) in [4.78, 5) is 15.6. The number of aromatic nitrogens is 1. The molecule has 1 rings (SSSR count). The number of aliphatic hydroxyl groups excluding tert-OH is 1. The molecule has 0 fully saturated rings. The molecule has 1 N–H and O–H groups in total. The van der Waals surface area contributed by atoms with Crippen molar-refractivity contribution in [3.63, 3.8) is 0 Å². The van der Waals surface area contributed by atoms with Gasteiger partial charge in [-0.3, -0.25) is 9.78 Å². The Morgan fingerprint density at radius 2 is 2.24 bits per heavy atom. The molecular weight excluding hydrogens is 218 g/mol. The number of nitrogens with zero attached hydrogens (tertiary/aromatic N) is 1. The van der Waals surface area contributed by atoms with Crippen molar-refractivity contribution in [2.75, 3.05) is 0 Å². The number of ether oxygens (including phenoxy) is 1. The molecular formula is C13H19NO3. The molecule has 94 valence electrons. The third kappa shape index (κ3) is 4.53. The number of aliphatic hydroxyl groups is 1. The molecule has 0 saturated heterocycles. The van der Waals surface area contributed by atoms with Crippen molar-refractivity contribution in [1.82, 2.24) is 4.98 Å². The van der Waals surface area contributed by atoms with Gasteiger partial charge in [0.05, 0.1) is 12.3 Å². The normalized spacial score (nSPS) is 10.3. The van der Waals surface area contributed by atoms with Crippen LogP contribution in [0.25, 0.3) is 0 Å². The van der Waals surface area contributed by atoms with Crippen LogP contribution in [0.15, 0.2) is 12.3 Å². The van der Waals surface area contributed by atoms with E-state index in [0.29, 0.717) is 23.4 Å². The Morgan fingerprint density at radius 3 is 2.88 bits per heavy atom. The molecule has 0 atom stereocenters. The molecule has 0 saturated carbocycles. The number of aryl methyl sites for hydroxylation is 1. The van der Waals surface area contributed by atoms with E-state index in [9.17, 15) is 4.79 Å². The molecule has 0 aliphatic heterocycles. The van der Waals surface area contributed by atoms with Gasteiger partial charge in [-0.2, -0.15) is 0 Å². The van der Waals surface area contributed by atoms with Crippen LogP contribution in [0.5, 0.6) is 5.75 Å². The zero-order valence-corrected chi connectivity index (χ0v) is 10.4. The van der Waals surface area contributed by atoms with Gasteiger partial charge in [-0.05, 0) is 25.0 Å². The highest BCUT2D eigenvalue weighted by Crippen LogP contribution is 2.18. The van der Waals surface area contributed by atoms with E-state index in [0.717, 1.165) is 19.3 Å². The van der Waals surface area contributed by atoms with Crippen molar-refractivity contribution in [1.29, 1.82) is 0 Å². The molecule has 17 heavy (non-hydrogen) atoms. The van der Waals surface area contributed by atoms with E-state index >= 15 is 0 Å². The lowest BCUT2D eigenvalue weighted by atomic mass is 10.2. The first-order chi connectivity index (χ1) is 8.17. The van der Waals surface area contributed by atoms with Gasteiger partial charge < -0.3 is 9.84 Å². The second-order valence-corrected chi connectivity index (χ2v) is 4.02. The van der Waals surface area contributed by atoms with Gasteiger partial charge in [0.1, 0.15) is 0 Å². The molecule has 0 bridgehead atoms. The highest BCUT2D eigenvalue weighted by Gasteiger charge is 2.08. The van der Waals surface area contributed by atoms with E-state index < -0.39 is 0 Å². The van der Waals surface area contributed by atoms with Crippen LogP contribution in [0.4, 0.5) is 0 Å². The lowest BCUT2D eigenvalue weighted by molar-refractivity contribution is -0.134. The van der Waals surface area contributed by atoms with E-state index in [1.54, 1.807) is 19.2 Å². The first-order valence-corrected chi connectivity index (χ1v) is 5.94. The van der Waals surface area contributed by atoms with Gasteiger partial charge in [-0.15, -0.1) is 0 Å². The lowest BCUT2D eigenvalue weighted by Gasteiger charge is -2.07. The minimum atomic E-state index is -0.238. The number of carbonyl (C=O) groups excluding carboxylic acids is 1. The summed E-state index contributed by atoms with van der Waals surface area (Å²) in [5.74, 6) is 0.205. The molecule has 1 aromatic rings. The van der Waals surface area contributed by atoms with Crippen LogP contribution in [-0.4, -0.2) is 16.1 Å².